The molecule has 1 heterocycles. The maximum atomic E-state index is 14.4. The maximum Gasteiger partial charge on any atom is 0.230 e. The number of halogens is 1. The number of para-hydroxylation sites is 2. The van der Waals surface area contributed by atoms with E-state index >= 15 is 0 Å². The molecule has 0 bridgehead atoms. The van der Waals surface area contributed by atoms with Crippen LogP contribution in [0, 0.1) is 11.7 Å². The summed E-state index contributed by atoms with van der Waals surface area (Å²) in [4.78, 5) is 29.2. The number of ether oxygens (including phenoxy) is 1. The lowest BCUT2D eigenvalue weighted by molar-refractivity contribution is -0.121. The molecule has 5 rings (SSSR count). The van der Waals surface area contributed by atoms with Crippen LogP contribution in [0.3, 0.4) is 0 Å². The summed E-state index contributed by atoms with van der Waals surface area (Å²) in [6.45, 7) is 3.67. The van der Waals surface area contributed by atoms with Crippen molar-refractivity contribution in [3.05, 3.63) is 101 Å². The first-order chi connectivity index (χ1) is 17.4. The van der Waals surface area contributed by atoms with Gasteiger partial charge in [0.25, 0.3) is 0 Å². The van der Waals surface area contributed by atoms with Crippen molar-refractivity contribution < 1.29 is 18.7 Å². The third-order valence-electron chi connectivity index (χ3n) is 6.97. The summed E-state index contributed by atoms with van der Waals surface area (Å²) >= 11 is 0. The molecule has 1 aliphatic heterocycles. The van der Waals surface area contributed by atoms with Crippen molar-refractivity contribution in [2.75, 3.05) is 17.3 Å². The molecule has 6 heteroatoms. The largest absolute Gasteiger partial charge is 0.497 e. The summed E-state index contributed by atoms with van der Waals surface area (Å²) < 4.78 is 19.7. The zero-order valence-corrected chi connectivity index (χ0v) is 20.6. The molecule has 3 aromatic carbocycles. The van der Waals surface area contributed by atoms with Gasteiger partial charge in [0.2, 0.25) is 5.91 Å². The van der Waals surface area contributed by atoms with Crippen molar-refractivity contribution >= 4 is 23.1 Å². The van der Waals surface area contributed by atoms with Gasteiger partial charge in [-0.05, 0) is 59.9 Å². The van der Waals surface area contributed by atoms with Crippen LogP contribution in [0.4, 0.5) is 15.8 Å². The van der Waals surface area contributed by atoms with Crippen molar-refractivity contribution in [1.82, 2.24) is 0 Å². The van der Waals surface area contributed by atoms with E-state index in [9.17, 15) is 14.0 Å². The number of fused-ring (bicyclic) bond motifs is 1. The fourth-order valence-corrected chi connectivity index (χ4v) is 5.21. The number of anilines is 2. The Labute approximate surface area is 210 Å². The fraction of sp³-hybridized carbons (Fsp3) is 0.267. The molecule has 0 saturated heterocycles. The second-order valence-electron chi connectivity index (χ2n) is 9.66. The number of hydrogen-bond acceptors (Lipinski definition) is 4. The minimum Gasteiger partial charge on any atom is -0.497 e. The Balaban J connectivity index is 1.69. The SMILES string of the molecule is COc1ccc(C2CC(=O)C3=C(C2)Nc2ccccc2N(C(=O)C(C)C)C3c2cccc(F)c2)cc1. The van der Waals surface area contributed by atoms with Crippen LogP contribution in [0.25, 0.3) is 0 Å². The third-order valence-corrected chi connectivity index (χ3v) is 6.97. The Bertz CT molecular complexity index is 1350. The van der Waals surface area contributed by atoms with E-state index in [0.717, 1.165) is 22.7 Å². The van der Waals surface area contributed by atoms with E-state index in [1.165, 1.54) is 12.1 Å². The Morgan fingerprint density at radius 3 is 2.44 bits per heavy atom. The topological polar surface area (TPSA) is 58.6 Å². The molecule has 0 fully saturated rings. The fourth-order valence-electron chi connectivity index (χ4n) is 5.21. The number of hydrogen-bond donors (Lipinski definition) is 1. The van der Waals surface area contributed by atoms with Gasteiger partial charge in [0.1, 0.15) is 11.6 Å². The molecular weight excluding hydrogens is 455 g/mol. The van der Waals surface area contributed by atoms with Gasteiger partial charge in [0.05, 0.1) is 24.5 Å². The van der Waals surface area contributed by atoms with Crippen LogP contribution in [0.5, 0.6) is 5.75 Å². The van der Waals surface area contributed by atoms with E-state index in [1.54, 1.807) is 24.1 Å². The number of amides is 1. The molecule has 1 aliphatic carbocycles. The van der Waals surface area contributed by atoms with E-state index in [-0.39, 0.29) is 23.5 Å². The molecule has 1 amide bonds. The van der Waals surface area contributed by atoms with Gasteiger partial charge in [-0.1, -0.05) is 50.2 Å². The zero-order chi connectivity index (χ0) is 25.4. The predicted molar refractivity (Wildman–Crippen MR) is 139 cm³/mol. The van der Waals surface area contributed by atoms with Gasteiger partial charge in [0.15, 0.2) is 5.78 Å². The van der Waals surface area contributed by atoms with Gasteiger partial charge in [-0.25, -0.2) is 4.39 Å². The molecule has 184 valence electrons. The number of ketones is 1. The van der Waals surface area contributed by atoms with E-state index < -0.39 is 11.9 Å². The van der Waals surface area contributed by atoms with Crippen LogP contribution in [0.15, 0.2) is 84.1 Å². The van der Waals surface area contributed by atoms with Crippen LogP contribution in [0.1, 0.15) is 49.8 Å². The summed E-state index contributed by atoms with van der Waals surface area (Å²) in [5.41, 5.74) is 4.34. The van der Waals surface area contributed by atoms with Gasteiger partial charge in [-0.2, -0.15) is 0 Å². The smallest absolute Gasteiger partial charge is 0.230 e. The Kier molecular flexibility index (Phi) is 6.35. The molecule has 0 aromatic heterocycles. The molecule has 2 atom stereocenters. The molecule has 0 spiro atoms. The number of rotatable bonds is 4. The summed E-state index contributed by atoms with van der Waals surface area (Å²) in [7, 11) is 1.62. The number of carbonyl (C=O) groups excluding carboxylic acids is 2. The molecule has 0 saturated carbocycles. The average Bonchev–Trinajstić information content (AvgIpc) is 3.03. The Morgan fingerprint density at radius 1 is 1.00 bits per heavy atom. The normalized spacial score (nSPS) is 19.4. The highest BCUT2D eigenvalue weighted by Gasteiger charge is 2.42. The molecule has 5 nitrogen and oxygen atoms in total. The van der Waals surface area contributed by atoms with Gasteiger partial charge in [0, 0.05) is 23.6 Å². The number of benzene rings is 3. The summed E-state index contributed by atoms with van der Waals surface area (Å²) in [5, 5.41) is 3.50. The molecule has 1 N–H and O–H groups in total. The average molecular weight is 485 g/mol. The standard InChI is InChI=1S/C30H29FN2O3/c1-18(2)30(35)33-26-10-5-4-9-24(26)32-25-16-21(19-11-13-23(36-3)14-12-19)17-27(34)28(25)29(33)20-7-6-8-22(31)15-20/h4-15,18,21,29,32H,16-17H2,1-3H3. The summed E-state index contributed by atoms with van der Waals surface area (Å²) in [6.07, 6.45) is 0.899. The number of carbonyl (C=O) groups is 2. The number of nitrogens with one attached hydrogen (secondary N) is 1. The van der Waals surface area contributed by atoms with Crippen molar-refractivity contribution in [2.45, 2.75) is 38.6 Å². The first-order valence-electron chi connectivity index (χ1n) is 12.2. The van der Waals surface area contributed by atoms with Crippen molar-refractivity contribution in [3.63, 3.8) is 0 Å². The van der Waals surface area contributed by atoms with Gasteiger partial charge >= 0.3 is 0 Å². The molecular formula is C30H29FN2O3. The van der Waals surface area contributed by atoms with Crippen LogP contribution < -0.4 is 15.0 Å². The Hall–Kier alpha value is -3.93. The van der Waals surface area contributed by atoms with Crippen LogP contribution in [0.2, 0.25) is 0 Å². The molecule has 36 heavy (non-hydrogen) atoms. The molecule has 2 unspecified atom stereocenters. The van der Waals surface area contributed by atoms with E-state index in [0.29, 0.717) is 29.7 Å². The highest BCUT2D eigenvalue weighted by Crippen LogP contribution is 2.47. The lowest BCUT2D eigenvalue weighted by atomic mass is 9.78. The number of nitrogens with zero attached hydrogens (tertiary/aromatic N) is 1. The summed E-state index contributed by atoms with van der Waals surface area (Å²) in [5.74, 6) is -0.164. The molecule has 2 aliphatic rings. The highest BCUT2D eigenvalue weighted by molar-refractivity contribution is 6.06. The van der Waals surface area contributed by atoms with Crippen LogP contribution >= 0.6 is 0 Å². The lowest BCUT2D eigenvalue weighted by Crippen LogP contribution is -2.40. The maximum absolute atomic E-state index is 14.4. The predicted octanol–water partition coefficient (Wildman–Crippen LogP) is 6.39. The third kappa shape index (κ3) is 4.28. The lowest BCUT2D eigenvalue weighted by Gasteiger charge is -2.36. The quantitative estimate of drug-likeness (QED) is 0.466. The first-order valence-corrected chi connectivity index (χ1v) is 12.2. The van der Waals surface area contributed by atoms with Crippen molar-refractivity contribution in [1.29, 1.82) is 0 Å². The molecule has 0 radical (unpaired) electrons. The molecule has 3 aromatic rings. The van der Waals surface area contributed by atoms with Gasteiger partial charge in [-0.3, -0.25) is 14.5 Å². The van der Waals surface area contributed by atoms with Gasteiger partial charge < -0.3 is 10.1 Å². The minimum absolute atomic E-state index is 0.0256. The van der Waals surface area contributed by atoms with E-state index in [1.807, 2.05) is 62.4 Å². The van der Waals surface area contributed by atoms with E-state index in [2.05, 4.69) is 5.32 Å². The number of Topliss-reactive ketones (excluding diaryl/α,β-unsaturated/α-hetero) is 1. The van der Waals surface area contributed by atoms with Gasteiger partial charge in [-0.15, -0.1) is 0 Å². The first kappa shape index (κ1) is 23.8. The Morgan fingerprint density at radius 2 is 1.75 bits per heavy atom. The minimum atomic E-state index is -0.730. The monoisotopic (exact) mass is 484 g/mol. The summed E-state index contributed by atoms with van der Waals surface area (Å²) in [6, 6.07) is 20.8. The second-order valence-corrected chi connectivity index (χ2v) is 9.66. The van der Waals surface area contributed by atoms with Crippen LogP contribution in [-0.2, 0) is 9.59 Å². The second kappa shape index (κ2) is 9.61. The highest BCUT2D eigenvalue weighted by atomic mass is 19.1. The number of methoxy groups -OCH3 is 1. The van der Waals surface area contributed by atoms with E-state index in [4.69, 9.17) is 4.74 Å². The van der Waals surface area contributed by atoms with Crippen molar-refractivity contribution in [3.8, 4) is 5.75 Å². The zero-order valence-electron chi connectivity index (χ0n) is 20.6. The van der Waals surface area contributed by atoms with Crippen molar-refractivity contribution in [2.24, 2.45) is 5.92 Å². The number of allylic oxidation sites excluding steroid dienone is 1. The van der Waals surface area contributed by atoms with Crippen LogP contribution in [-0.4, -0.2) is 18.8 Å².